The Kier molecular flexibility index (Phi) is 4.74. The van der Waals surface area contributed by atoms with Gasteiger partial charge in [0.05, 0.1) is 0 Å². The Morgan fingerprint density at radius 1 is 1.21 bits per heavy atom. The van der Waals surface area contributed by atoms with E-state index in [-0.39, 0.29) is 11.0 Å². The van der Waals surface area contributed by atoms with Gasteiger partial charge < -0.3 is 16.0 Å². The van der Waals surface area contributed by atoms with Gasteiger partial charge in [-0.3, -0.25) is 0 Å². The Morgan fingerprint density at radius 3 is 2.37 bits per heavy atom. The minimum absolute atomic E-state index is 0.219. The van der Waals surface area contributed by atoms with Crippen LogP contribution in [0.3, 0.4) is 0 Å². The summed E-state index contributed by atoms with van der Waals surface area (Å²) in [5.74, 6) is 1.73. The number of nitrogens with zero attached hydrogens (tertiary/aromatic N) is 3. The van der Waals surface area contributed by atoms with Gasteiger partial charge >= 0.3 is 0 Å². The van der Waals surface area contributed by atoms with Gasteiger partial charge in [0, 0.05) is 31.7 Å². The van der Waals surface area contributed by atoms with Crippen LogP contribution in [0.1, 0.15) is 34.6 Å². The zero-order valence-corrected chi connectivity index (χ0v) is 13.0. The average Bonchev–Trinajstić information content (AvgIpc) is 2.23. The molecule has 19 heavy (non-hydrogen) atoms. The van der Waals surface area contributed by atoms with Crippen molar-refractivity contribution in [1.29, 1.82) is 0 Å². The molecule has 1 heterocycles. The summed E-state index contributed by atoms with van der Waals surface area (Å²) in [6.07, 6.45) is 1.58. The molecule has 0 radical (unpaired) electrons. The van der Waals surface area contributed by atoms with E-state index < -0.39 is 0 Å². The van der Waals surface area contributed by atoms with Crippen molar-refractivity contribution in [2.45, 2.75) is 40.2 Å². The summed E-state index contributed by atoms with van der Waals surface area (Å²) in [5.41, 5.74) is 5.99. The van der Waals surface area contributed by atoms with Crippen LogP contribution in [0.15, 0.2) is 12.4 Å². The highest BCUT2D eigenvalue weighted by atomic mass is 15.2. The quantitative estimate of drug-likeness (QED) is 0.853. The molecule has 1 rings (SSSR count). The van der Waals surface area contributed by atoms with E-state index in [1.807, 2.05) is 31.9 Å². The second kappa shape index (κ2) is 5.74. The van der Waals surface area contributed by atoms with Gasteiger partial charge in [0.25, 0.3) is 0 Å². The van der Waals surface area contributed by atoms with E-state index in [9.17, 15) is 0 Å². The van der Waals surface area contributed by atoms with E-state index in [1.165, 1.54) is 0 Å². The summed E-state index contributed by atoms with van der Waals surface area (Å²) in [5, 5.41) is 3.33. The number of nitrogens with one attached hydrogen (secondary N) is 1. The number of hydrogen-bond acceptors (Lipinski definition) is 5. The molecule has 1 aromatic rings. The van der Waals surface area contributed by atoms with Crippen molar-refractivity contribution in [3.8, 4) is 0 Å². The Labute approximate surface area is 116 Å². The number of hydrogen-bond donors (Lipinski definition) is 2. The summed E-state index contributed by atoms with van der Waals surface area (Å²) in [4.78, 5) is 10.6. The molecule has 5 heteroatoms. The molecule has 0 bridgehead atoms. The molecule has 0 aliphatic heterocycles. The summed E-state index contributed by atoms with van der Waals surface area (Å²) in [6, 6.07) is 1.96. The first-order valence-corrected chi connectivity index (χ1v) is 6.63. The maximum Gasteiger partial charge on any atom is 0.133 e. The van der Waals surface area contributed by atoms with Gasteiger partial charge in [0.15, 0.2) is 0 Å². The van der Waals surface area contributed by atoms with Crippen molar-refractivity contribution in [1.82, 2.24) is 9.97 Å². The van der Waals surface area contributed by atoms with E-state index in [1.54, 1.807) is 6.33 Å². The molecular formula is C14H27N5. The zero-order valence-electron chi connectivity index (χ0n) is 13.0. The molecule has 0 saturated heterocycles. The van der Waals surface area contributed by atoms with Gasteiger partial charge in [-0.15, -0.1) is 0 Å². The van der Waals surface area contributed by atoms with Crippen LogP contribution in [0.25, 0.3) is 0 Å². The SMILES string of the molecule is CN(CC(C)(C)N)c1cc(NCC(C)(C)C)ncn1. The number of likely N-dealkylation sites (N-methyl/N-ethyl adjacent to an activating group) is 1. The molecule has 0 unspecified atom stereocenters. The molecule has 3 N–H and O–H groups in total. The predicted molar refractivity (Wildman–Crippen MR) is 81.5 cm³/mol. The molecule has 0 aliphatic rings. The molecular weight excluding hydrogens is 238 g/mol. The Hall–Kier alpha value is -1.36. The van der Waals surface area contributed by atoms with Crippen LogP contribution in [0, 0.1) is 5.41 Å². The number of nitrogens with two attached hydrogens (primary N) is 1. The highest BCUT2D eigenvalue weighted by Gasteiger charge is 2.16. The lowest BCUT2D eigenvalue weighted by atomic mass is 9.97. The second-order valence-corrected chi connectivity index (χ2v) is 7.02. The Morgan fingerprint density at radius 2 is 1.84 bits per heavy atom. The average molecular weight is 265 g/mol. The highest BCUT2D eigenvalue weighted by molar-refractivity contribution is 5.48. The normalized spacial score (nSPS) is 12.4. The minimum atomic E-state index is -0.251. The lowest BCUT2D eigenvalue weighted by molar-refractivity contribution is 0.442. The standard InChI is InChI=1S/C14H27N5/c1-13(2,3)8-16-11-7-12(18-10-17-11)19(6)9-14(4,5)15/h7,10H,8-9,15H2,1-6H3,(H,16,17,18). The maximum absolute atomic E-state index is 6.03. The van der Waals surface area contributed by atoms with E-state index in [4.69, 9.17) is 5.73 Å². The van der Waals surface area contributed by atoms with Crippen molar-refractivity contribution in [3.63, 3.8) is 0 Å². The molecule has 0 aliphatic carbocycles. The molecule has 0 atom stereocenters. The van der Waals surface area contributed by atoms with Gasteiger partial charge in [0.2, 0.25) is 0 Å². The zero-order chi connectivity index (χ0) is 14.7. The minimum Gasteiger partial charge on any atom is -0.369 e. The van der Waals surface area contributed by atoms with Gasteiger partial charge in [0.1, 0.15) is 18.0 Å². The fourth-order valence-corrected chi connectivity index (χ4v) is 1.70. The fourth-order valence-electron chi connectivity index (χ4n) is 1.70. The molecule has 0 aromatic carbocycles. The van der Waals surface area contributed by atoms with E-state index in [0.717, 1.165) is 24.7 Å². The number of anilines is 2. The van der Waals surface area contributed by atoms with Gasteiger partial charge in [-0.05, 0) is 19.3 Å². The van der Waals surface area contributed by atoms with Crippen molar-refractivity contribution in [2.24, 2.45) is 11.1 Å². The predicted octanol–water partition coefficient (Wildman–Crippen LogP) is 2.11. The number of rotatable bonds is 5. The first-order chi connectivity index (χ1) is 8.57. The Balaban J connectivity index is 2.71. The van der Waals surface area contributed by atoms with Gasteiger partial charge in [-0.25, -0.2) is 9.97 Å². The summed E-state index contributed by atoms with van der Waals surface area (Å²) >= 11 is 0. The highest BCUT2D eigenvalue weighted by Crippen LogP contribution is 2.17. The Bertz CT molecular complexity index is 403. The lowest BCUT2D eigenvalue weighted by Crippen LogP contribution is -2.44. The summed E-state index contributed by atoms with van der Waals surface area (Å²) < 4.78 is 0. The van der Waals surface area contributed by atoms with Crippen molar-refractivity contribution in [3.05, 3.63) is 12.4 Å². The number of aromatic nitrogens is 2. The van der Waals surface area contributed by atoms with Crippen LogP contribution in [0.4, 0.5) is 11.6 Å². The van der Waals surface area contributed by atoms with E-state index >= 15 is 0 Å². The summed E-state index contributed by atoms with van der Waals surface area (Å²) in [6.45, 7) is 12.2. The molecule has 0 fully saturated rings. The van der Waals surface area contributed by atoms with Gasteiger partial charge in [-0.1, -0.05) is 20.8 Å². The van der Waals surface area contributed by atoms with E-state index in [0.29, 0.717) is 0 Å². The molecule has 108 valence electrons. The molecule has 0 spiro atoms. The maximum atomic E-state index is 6.03. The van der Waals surface area contributed by atoms with Crippen LogP contribution < -0.4 is 16.0 Å². The third-order valence-corrected chi connectivity index (χ3v) is 2.49. The first kappa shape index (κ1) is 15.7. The molecule has 5 nitrogen and oxygen atoms in total. The van der Waals surface area contributed by atoms with Crippen molar-refractivity contribution >= 4 is 11.6 Å². The smallest absolute Gasteiger partial charge is 0.133 e. The van der Waals surface area contributed by atoms with Crippen molar-refractivity contribution in [2.75, 3.05) is 30.4 Å². The van der Waals surface area contributed by atoms with Crippen LogP contribution in [-0.2, 0) is 0 Å². The monoisotopic (exact) mass is 265 g/mol. The second-order valence-electron chi connectivity index (χ2n) is 7.02. The van der Waals surface area contributed by atoms with Crippen LogP contribution in [0.5, 0.6) is 0 Å². The third kappa shape index (κ3) is 6.38. The topological polar surface area (TPSA) is 67.1 Å². The van der Waals surface area contributed by atoms with Crippen LogP contribution >= 0.6 is 0 Å². The van der Waals surface area contributed by atoms with Crippen LogP contribution in [-0.4, -0.2) is 35.6 Å². The van der Waals surface area contributed by atoms with Crippen LogP contribution in [0.2, 0.25) is 0 Å². The molecule has 1 aromatic heterocycles. The third-order valence-electron chi connectivity index (χ3n) is 2.49. The first-order valence-electron chi connectivity index (χ1n) is 6.63. The van der Waals surface area contributed by atoms with Crippen molar-refractivity contribution < 1.29 is 0 Å². The largest absolute Gasteiger partial charge is 0.369 e. The van der Waals surface area contributed by atoms with Gasteiger partial charge in [-0.2, -0.15) is 0 Å². The molecule has 0 amide bonds. The fraction of sp³-hybridized carbons (Fsp3) is 0.714. The molecule has 0 saturated carbocycles. The lowest BCUT2D eigenvalue weighted by Gasteiger charge is -2.27. The summed E-state index contributed by atoms with van der Waals surface area (Å²) in [7, 11) is 1.99. The van der Waals surface area contributed by atoms with E-state index in [2.05, 4.69) is 36.1 Å².